The second-order valence-electron chi connectivity index (χ2n) is 5.60. The maximum absolute atomic E-state index is 12.2. The van der Waals surface area contributed by atoms with E-state index in [-0.39, 0.29) is 24.3 Å². The van der Waals surface area contributed by atoms with Gasteiger partial charge in [0.05, 0.1) is 6.04 Å². The fourth-order valence-corrected chi connectivity index (χ4v) is 2.57. The maximum Gasteiger partial charge on any atom is 0.223 e. The lowest BCUT2D eigenvalue weighted by Gasteiger charge is -2.22. The van der Waals surface area contributed by atoms with Gasteiger partial charge in [0.1, 0.15) is 0 Å². The number of carbonyl (C=O) groups excluding carboxylic acids is 2. The van der Waals surface area contributed by atoms with Gasteiger partial charge in [-0.1, -0.05) is 41.9 Å². The van der Waals surface area contributed by atoms with Gasteiger partial charge in [-0.05, 0) is 36.8 Å². The van der Waals surface area contributed by atoms with E-state index in [1.807, 2.05) is 37.3 Å². The van der Waals surface area contributed by atoms with Gasteiger partial charge in [-0.3, -0.25) is 9.59 Å². The highest BCUT2D eigenvalue weighted by molar-refractivity contribution is 6.30. The predicted octanol–water partition coefficient (Wildman–Crippen LogP) is 3.96. The quantitative estimate of drug-likeness (QED) is 0.862. The molecule has 1 atom stereocenters. The molecule has 0 heterocycles. The number of amides is 2. The normalized spacial score (nSPS) is 11.6. The Hall–Kier alpha value is -2.33. The van der Waals surface area contributed by atoms with E-state index in [9.17, 15) is 9.59 Å². The Bertz CT molecular complexity index is 686. The summed E-state index contributed by atoms with van der Waals surface area (Å²) in [4.78, 5) is 25.6. The Morgan fingerprint density at radius 2 is 1.71 bits per heavy atom. The summed E-state index contributed by atoms with van der Waals surface area (Å²) in [5, 5.41) is 3.56. The lowest BCUT2D eigenvalue weighted by molar-refractivity contribution is -0.121. The summed E-state index contributed by atoms with van der Waals surface area (Å²) in [5.74, 6) is -0.201. The summed E-state index contributed by atoms with van der Waals surface area (Å²) in [6, 6.07) is 16.7. The standard InChI is InChI=1S/C19H21ClN2O2/c1-14(16-6-4-3-5-7-16)21-19(24)12-13-22(15(2)23)18-10-8-17(20)9-11-18/h3-11,14H,12-13H2,1-2H3,(H,21,24). The van der Waals surface area contributed by atoms with Crippen LogP contribution in [0.2, 0.25) is 5.02 Å². The molecule has 126 valence electrons. The zero-order valence-electron chi connectivity index (χ0n) is 13.8. The third-order valence-electron chi connectivity index (χ3n) is 3.76. The highest BCUT2D eigenvalue weighted by Gasteiger charge is 2.15. The van der Waals surface area contributed by atoms with Crippen LogP contribution in [0.5, 0.6) is 0 Å². The molecule has 1 unspecified atom stereocenters. The number of anilines is 1. The van der Waals surface area contributed by atoms with Gasteiger partial charge in [0.15, 0.2) is 0 Å². The van der Waals surface area contributed by atoms with E-state index in [4.69, 9.17) is 11.6 Å². The van der Waals surface area contributed by atoms with Gasteiger partial charge in [-0.2, -0.15) is 0 Å². The average molecular weight is 345 g/mol. The molecule has 2 amide bonds. The van der Waals surface area contributed by atoms with E-state index in [0.717, 1.165) is 11.3 Å². The maximum atomic E-state index is 12.2. The van der Waals surface area contributed by atoms with Crippen LogP contribution in [-0.4, -0.2) is 18.4 Å². The molecule has 2 aromatic rings. The number of halogens is 1. The van der Waals surface area contributed by atoms with Crippen LogP contribution in [-0.2, 0) is 9.59 Å². The van der Waals surface area contributed by atoms with Crippen LogP contribution in [0.15, 0.2) is 54.6 Å². The average Bonchev–Trinajstić information content (AvgIpc) is 2.57. The van der Waals surface area contributed by atoms with Crippen LogP contribution in [0, 0.1) is 0 Å². The van der Waals surface area contributed by atoms with Crippen LogP contribution >= 0.6 is 11.6 Å². The van der Waals surface area contributed by atoms with Gasteiger partial charge in [0.25, 0.3) is 0 Å². The predicted molar refractivity (Wildman–Crippen MR) is 97.1 cm³/mol. The van der Waals surface area contributed by atoms with Crippen molar-refractivity contribution in [3.63, 3.8) is 0 Å². The first-order chi connectivity index (χ1) is 11.5. The van der Waals surface area contributed by atoms with Crippen molar-refractivity contribution in [1.82, 2.24) is 5.32 Å². The van der Waals surface area contributed by atoms with E-state index >= 15 is 0 Å². The molecular weight excluding hydrogens is 324 g/mol. The molecule has 0 aliphatic carbocycles. The molecule has 0 bridgehead atoms. The fraction of sp³-hybridized carbons (Fsp3) is 0.263. The lowest BCUT2D eigenvalue weighted by Crippen LogP contribution is -2.34. The molecule has 0 aliphatic rings. The van der Waals surface area contributed by atoms with E-state index in [1.165, 1.54) is 6.92 Å². The second-order valence-corrected chi connectivity index (χ2v) is 6.03. The Kier molecular flexibility index (Phi) is 6.38. The zero-order valence-corrected chi connectivity index (χ0v) is 14.6. The summed E-state index contributed by atoms with van der Waals surface area (Å²) in [6.07, 6.45) is 0.235. The minimum atomic E-state index is -0.110. The van der Waals surface area contributed by atoms with Gasteiger partial charge >= 0.3 is 0 Å². The summed E-state index contributed by atoms with van der Waals surface area (Å²) in [7, 11) is 0. The van der Waals surface area contributed by atoms with E-state index in [1.54, 1.807) is 29.2 Å². The molecular formula is C19H21ClN2O2. The highest BCUT2D eigenvalue weighted by Crippen LogP contribution is 2.18. The Balaban J connectivity index is 1.93. The number of nitrogens with zero attached hydrogens (tertiary/aromatic N) is 1. The van der Waals surface area contributed by atoms with E-state index in [0.29, 0.717) is 11.6 Å². The van der Waals surface area contributed by atoms with Crippen molar-refractivity contribution in [3.05, 3.63) is 65.2 Å². The van der Waals surface area contributed by atoms with Crippen molar-refractivity contribution >= 4 is 29.1 Å². The smallest absolute Gasteiger partial charge is 0.223 e. The molecule has 0 aliphatic heterocycles. The number of rotatable bonds is 6. The third-order valence-corrected chi connectivity index (χ3v) is 4.01. The van der Waals surface area contributed by atoms with Crippen molar-refractivity contribution in [1.29, 1.82) is 0 Å². The topological polar surface area (TPSA) is 49.4 Å². The van der Waals surface area contributed by atoms with Crippen LogP contribution in [0.1, 0.15) is 31.9 Å². The summed E-state index contributed by atoms with van der Waals surface area (Å²) >= 11 is 5.87. The molecule has 0 fully saturated rings. The molecule has 1 N–H and O–H groups in total. The zero-order chi connectivity index (χ0) is 17.5. The molecule has 4 nitrogen and oxygen atoms in total. The highest BCUT2D eigenvalue weighted by atomic mass is 35.5. The number of carbonyl (C=O) groups is 2. The van der Waals surface area contributed by atoms with Crippen molar-refractivity contribution in [2.24, 2.45) is 0 Å². The minimum Gasteiger partial charge on any atom is -0.350 e. The molecule has 0 radical (unpaired) electrons. The van der Waals surface area contributed by atoms with Crippen LogP contribution in [0.25, 0.3) is 0 Å². The molecule has 0 saturated carbocycles. The summed E-state index contributed by atoms with van der Waals surface area (Å²) in [6.45, 7) is 3.75. The van der Waals surface area contributed by atoms with Gasteiger partial charge in [0.2, 0.25) is 11.8 Å². The number of nitrogens with one attached hydrogen (secondary N) is 1. The molecule has 24 heavy (non-hydrogen) atoms. The first-order valence-corrected chi connectivity index (χ1v) is 8.23. The first-order valence-electron chi connectivity index (χ1n) is 7.85. The van der Waals surface area contributed by atoms with Crippen LogP contribution < -0.4 is 10.2 Å². The van der Waals surface area contributed by atoms with Gasteiger partial charge < -0.3 is 10.2 Å². The van der Waals surface area contributed by atoms with Crippen molar-refractivity contribution in [2.45, 2.75) is 26.3 Å². The first kappa shape index (κ1) is 18.0. The van der Waals surface area contributed by atoms with Gasteiger partial charge in [0, 0.05) is 30.6 Å². The van der Waals surface area contributed by atoms with E-state index in [2.05, 4.69) is 5.32 Å². The Morgan fingerprint density at radius 1 is 1.08 bits per heavy atom. The molecule has 2 rings (SSSR count). The summed E-state index contributed by atoms with van der Waals surface area (Å²) < 4.78 is 0. The van der Waals surface area contributed by atoms with Crippen LogP contribution in [0.3, 0.4) is 0 Å². The molecule has 5 heteroatoms. The lowest BCUT2D eigenvalue weighted by atomic mass is 10.1. The molecule has 0 saturated heterocycles. The monoisotopic (exact) mass is 344 g/mol. The largest absolute Gasteiger partial charge is 0.350 e. The number of benzene rings is 2. The third kappa shape index (κ3) is 5.10. The van der Waals surface area contributed by atoms with Gasteiger partial charge in [-0.25, -0.2) is 0 Å². The fourth-order valence-electron chi connectivity index (χ4n) is 2.44. The van der Waals surface area contributed by atoms with Crippen molar-refractivity contribution in [3.8, 4) is 0 Å². The van der Waals surface area contributed by atoms with Crippen molar-refractivity contribution < 1.29 is 9.59 Å². The second kappa shape index (κ2) is 8.50. The summed E-state index contributed by atoms with van der Waals surface area (Å²) in [5.41, 5.74) is 1.78. The van der Waals surface area contributed by atoms with E-state index < -0.39 is 0 Å². The van der Waals surface area contributed by atoms with Crippen LogP contribution in [0.4, 0.5) is 5.69 Å². The number of hydrogen-bond acceptors (Lipinski definition) is 2. The molecule has 0 spiro atoms. The minimum absolute atomic E-state index is 0.0694. The van der Waals surface area contributed by atoms with Gasteiger partial charge in [-0.15, -0.1) is 0 Å². The SMILES string of the molecule is CC(=O)N(CCC(=O)NC(C)c1ccccc1)c1ccc(Cl)cc1. The molecule has 2 aromatic carbocycles. The Labute approximate surface area is 147 Å². The number of hydrogen-bond donors (Lipinski definition) is 1. The van der Waals surface area contributed by atoms with Crippen molar-refractivity contribution in [2.75, 3.05) is 11.4 Å². The Morgan fingerprint density at radius 3 is 2.29 bits per heavy atom. The molecule has 0 aromatic heterocycles.